The maximum Gasteiger partial charge on any atom is 0.491 e. The summed E-state index contributed by atoms with van der Waals surface area (Å²) in [6.07, 6.45) is 11.5. The van der Waals surface area contributed by atoms with Gasteiger partial charge < -0.3 is 30.2 Å². The van der Waals surface area contributed by atoms with Crippen molar-refractivity contribution in [3.05, 3.63) is 185 Å². The molecule has 0 aliphatic rings. The summed E-state index contributed by atoms with van der Waals surface area (Å²) in [6.45, 7) is 3.60. The lowest BCUT2D eigenvalue weighted by Gasteiger charge is -2.17. The number of aromatic nitrogens is 8. The third-order valence-electron chi connectivity index (χ3n) is 11.0. The van der Waals surface area contributed by atoms with Gasteiger partial charge in [-0.3, -0.25) is 19.9 Å². The van der Waals surface area contributed by atoms with Gasteiger partial charge in [0.2, 0.25) is 11.8 Å². The second kappa shape index (κ2) is 22.9. The van der Waals surface area contributed by atoms with Crippen molar-refractivity contribution < 1.29 is 45.9 Å². The number of rotatable bonds is 10. The number of hydrogen-bond acceptors (Lipinski definition) is 14. The molecular weight excluding hydrogens is 1030 g/mol. The summed E-state index contributed by atoms with van der Waals surface area (Å²) in [5.74, 6) is -3.80. The molecule has 4 N–H and O–H groups in total. The summed E-state index contributed by atoms with van der Waals surface area (Å²) < 4.78 is 95.2. The first-order valence-corrected chi connectivity index (χ1v) is 22.7. The topological polar surface area (TPSA) is 186 Å². The Morgan fingerprint density at radius 3 is 1.53 bits per heavy atom. The van der Waals surface area contributed by atoms with Crippen molar-refractivity contribution in [2.45, 2.75) is 13.8 Å². The van der Waals surface area contributed by atoms with Gasteiger partial charge in [0.15, 0.2) is 0 Å². The maximum absolute atomic E-state index is 15.0. The summed E-state index contributed by atoms with van der Waals surface area (Å²) in [7, 11) is 0.948. The Hall–Kier alpha value is -8.60. The Kier molecular flexibility index (Phi) is 16.0. The van der Waals surface area contributed by atoms with Crippen molar-refractivity contribution in [2.24, 2.45) is 0 Å². The van der Waals surface area contributed by atoms with Gasteiger partial charge in [0.25, 0.3) is 0 Å². The summed E-state index contributed by atoms with van der Waals surface area (Å²) in [6, 6.07) is 20.9. The molecule has 0 radical (unpaired) electrons. The normalized spacial score (nSPS) is 10.8. The number of nitrogens with zero attached hydrogens (tertiary/aromatic N) is 8. The van der Waals surface area contributed by atoms with Gasteiger partial charge in [0.1, 0.15) is 34.9 Å². The zero-order valence-corrected chi connectivity index (χ0v) is 40.8. The third kappa shape index (κ3) is 11.7. The molecule has 0 fully saturated rings. The van der Waals surface area contributed by atoms with Crippen LogP contribution in [0, 0.1) is 48.8 Å². The van der Waals surface area contributed by atoms with Crippen molar-refractivity contribution in [3.63, 3.8) is 0 Å². The highest BCUT2D eigenvalue weighted by molar-refractivity contribution is 9.10. The number of hydrogen-bond donors (Lipinski definition) is 4. The molecule has 372 valence electrons. The number of ether oxygens (including phenoxy) is 2. The quantitative estimate of drug-likeness (QED) is 0.0749. The maximum atomic E-state index is 15.0. The van der Waals surface area contributed by atoms with E-state index in [4.69, 9.17) is 14.8 Å². The Morgan fingerprint density at radius 2 is 1.04 bits per heavy atom. The van der Waals surface area contributed by atoms with Gasteiger partial charge in [-0.05, 0) is 66.2 Å². The second-order valence-corrected chi connectivity index (χ2v) is 16.8. The largest absolute Gasteiger partial charge is 0.491 e. The van der Waals surface area contributed by atoms with E-state index in [2.05, 4.69) is 71.2 Å². The second-order valence-electron chi connectivity index (χ2n) is 15.8. The molecule has 0 bridgehead atoms. The van der Waals surface area contributed by atoms with Crippen LogP contribution in [-0.4, -0.2) is 71.3 Å². The first-order chi connectivity index (χ1) is 35.6. The van der Waals surface area contributed by atoms with Crippen LogP contribution in [0.3, 0.4) is 0 Å². The fourth-order valence-corrected chi connectivity index (χ4v) is 7.91. The summed E-state index contributed by atoms with van der Waals surface area (Å²) >= 11 is 3.37. The molecule has 0 aliphatic heterocycles. The van der Waals surface area contributed by atoms with E-state index in [9.17, 15) is 26.3 Å². The zero-order chi connectivity index (χ0) is 52.6. The zero-order valence-electron chi connectivity index (χ0n) is 39.2. The minimum absolute atomic E-state index is 0.116. The van der Waals surface area contributed by atoms with Crippen LogP contribution in [0.5, 0.6) is 11.8 Å². The van der Waals surface area contributed by atoms with Crippen LogP contribution < -0.4 is 25.6 Å². The molecule has 0 spiro atoms. The third-order valence-corrected chi connectivity index (χ3v) is 11.4. The fraction of sp³-hybridized carbons (Fsp3) is 0.0769. The van der Waals surface area contributed by atoms with E-state index in [1.54, 1.807) is 68.1 Å². The minimum atomic E-state index is -1.85. The molecule has 8 heterocycles. The average molecular weight is 1070 g/mol. The molecule has 10 aromatic rings. The minimum Gasteiger partial charge on any atom is -0.481 e. The molecule has 2 aromatic carbocycles. The first-order valence-electron chi connectivity index (χ1n) is 21.9. The van der Waals surface area contributed by atoms with Gasteiger partial charge in [-0.1, -0.05) is 12.1 Å². The molecule has 0 saturated heterocycles. The lowest BCUT2D eigenvalue weighted by molar-refractivity contribution is 0.394. The van der Waals surface area contributed by atoms with E-state index in [0.717, 1.165) is 35.1 Å². The molecular formula is C52H38BBrF6N10O4. The van der Waals surface area contributed by atoms with E-state index in [1.807, 2.05) is 19.1 Å². The van der Waals surface area contributed by atoms with E-state index in [0.29, 0.717) is 62.2 Å². The molecule has 0 saturated carbocycles. The highest BCUT2D eigenvalue weighted by atomic mass is 79.9. The molecule has 8 aromatic heterocycles. The van der Waals surface area contributed by atoms with Crippen LogP contribution in [0.1, 0.15) is 11.1 Å². The van der Waals surface area contributed by atoms with Gasteiger partial charge in [-0.25, -0.2) is 46.3 Å². The number of halogens is 7. The van der Waals surface area contributed by atoms with Crippen LogP contribution >= 0.6 is 15.9 Å². The van der Waals surface area contributed by atoms with Crippen molar-refractivity contribution in [3.8, 4) is 45.7 Å². The van der Waals surface area contributed by atoms with Crippen molar-refractivity contribution in [1.82, 2.24) is 39.9 Å². The molecule has 0 unspecified atom stereocenters. The molecule has 74 heavy (non-hydrogen) atoms. The predicted molar refractivity (Wildman–Crippen MR) is 272 cm³/mol. The molecule has 14 nitrogen and oxygen atoms in total. The molecule has 0 amide bonds. The number of benzene rings is 2. The smallest absolute Gasteiger partial charge is 0.481 e. The Bertz CT molecular complexity index is 3670. The van der Waals surface area contributed by atoms with E-state index in [-0.39, 0.29) is 44.6 Å². The number of pyridine rings is 8. The lowest BCUT2D eigenvalue weighted by Crippen LogP contribution is -2.33. The van der Waals surface area contributed by atoms with E-state index >= 15 is 0 Å². The summed E-state index contributed by atoms with van der Waals surface area (Å²) in [5.41, 5.74) is 6.30. The first kappa shape index (κ1) is 51.8. The number of nitrogens with one attached hydrogen (secondary N) is 2. The van der Waals surface area contributed by atoms with Gasteiger partial charge in [0.05, 0.1) is 106 Å². The van der Waals surface area contributed by atoms with Crippen LogP contribution in [0.25, 0.3) is 55.7 Å². The van der Waals surface area contributed by atoms with Gasteiger partial charge in [-0.2, -0.15) is 0 Å². The van der Waals surface area contributed by atoms with Crippen LogP contribution in [0.2, 0.25) is 0 Å². The number of fused-ring (bicyclic) bond motifs is 2. The highest BCUT2D eigenvalue weighted by Crippen LogP contribution is 2.39. The van der Waals surface area contributed by atoms with Gasteiger partial charge in [0, 0.05) is 93.4 Å². The van der Waals surface area contributed by atoms with E-state index in [1.165, 1.54) is 44.8 Å². The fourth-order valence-electron chi connectivity index (χ4n) is 7.55. The lowest BCUT2D eigenvalue weighted by atomic mass is 9.80. The van der Waals surface area contributed by atoms with E-state index < -0.39 is 42.0 Å². The van der Waals surface area contributed by atoms with Crippen molar-refractivity contribution >= 4 is 73.1 Å². The summed E-state index contributed by atoms with van der Waals surface area (Å²) in [5, 5.41) is 24.0. The summed E-state index contributed by atoms with van der Waals surface area (Å²) in [4.78, 5) is 33.3. The predicted octanol–water partition coefficient (Wildman–Crippen LogP) is 10.9. The Balaban J connectivity index is 0.000000165. The standard InChI is InChI=1S/C26H18F3N5O.C20H13BrF2N4.C6H7BFNO3/c1-14-25(21-5-3-4-6-31-21)34-22-9-16(27)8-19(28)24(22)26(14)33-17-7-15(11-30-12-17)18-10-23(35-2)32-13-20(18)29;1-11-19(16-4-2-3-5-25-16)27-17-8-13(22)7-15(23)18(17)20(11)26-14-6-12(21)9-24-10-14;1-12-6-2-4(7(10)11)5(8)3-9-6/h3-13H,1-2H3,(H,33,34);2-10H,1H3,(H,26,27);2-3,10-11H,1H3. The van der Waals surface area contributed by atoms with Gasteiger partial charge in [-0.15, -0.1) is 0 Å². The van der Waals surface area contributed by atoms with Crippen molar-refractivity contribution in [2.75, 3.05) is 24.9 Å². The van der Waals surface area contributed by atoms with Crippen LogP contribution in [-0.2, 0) is 0 Å². The monoisotopic (exact) mass is 1070 g/mol. The molecule has 10 rings (SSSR count). The average Bonchev–Trinajstić information content (AvgIpc) is 3.39. The Morgan fingerprint density at radius 1 is 0.541 bits per heavy atom. The van der Waals surface area contributed by atoms with Gasteiger partial charge >= 0.3 is 7.12 Å². The molecule has 0 aliphatic carbocycles. The highest BCUT2D eigenvalue weighted by Gasteiger charge is 2.22. The molecule has 0 atom stereocenters. The Labute approximate surface area is 426 Å². The number of methoxy groups -OCH3 is 2. The molecule has 22 heteroatoms. The van der Waals surface area contributed by atoms with Crippen molar-refractivity contribution in [1.29, 1.82) is 0 Å². The van der Waals surface area contributed by atoms with Crippen LogP contribution in [0.4, 0.5) is 49.1 Å². The SMILES string of the molecule is COc1cc(-c2cncc(Nc3c(C)c(-c4ccccn4)nc4cc(F)cc(F)c34)c2)c(F)cn1.COc1cc(B(O)O)c(F)cn1.Cc1c(-c2ccccn2)nc2cc(F)cc(F)c2c1Nc1cncc(Br)c1. The number of anilines is 4. The van der Waals surface area contributed by atoms with Crippen LogP contribution in [0.15, 0.2) is 139 Å².